The number of rotatable bonds is 8. The molecule has 1 aromatic carbocycles. The van der Waals surface area contributed by atoms with Gasteiger partial charge in [0, 0.05) is 19.5 Å². The van der Waals surface area contributed by atoms with E-state index in [-0.39, 0.29) is 24.8 Å². The Bertz CT molecular complexity index is 702. The summed E-state index contributed by atoms with van der Waals surface area (Å²) < 4.78 is 16.1. The van der Waals surface area contributed by atoms with Crippen LogP contribution in [0, 0.1) is 11.3 Å². The van der Waals surface area contributed by atoms with Gasteiger partial charge in [0.2, 0.25) is 11.7 Å². The van der Waals surface area contributed by atoms with E-state index in [2.05, 4.69) is 0 Å². The molecule has 1 fully saturated rings. The van der Waals surface area contributed by atoms with Crippen molar-refractivity contribution in [1.29, 1.82) is 0 Å². The van der Waals surface area contributed by atoms with Gasteiger partial charge in [0.05, 0.1) is 26.7 Å². The number of carbonyl (C=O) groups excluding carboxylic acids is 1. The van der Waals surface area contributed by atoms with Crippen molar-refractivity contribution in [2.75, 3.05) is 34.4 Å². The van der Waals surface area contributed by atoms with E-state index >= 15 is 0 Å². The Morgan fingerprint density at radius 1 is 1.15 bits per heavy atom. The lowest BCUT2D eigenvalue weighted by Gasteiger charge is -2.28. The van der Waals surface area contributed by atoms with Gasteiger partial charge in [-0.15, -0.1) is 0 Å². The van der Waals surface area contributed by atoms with Gasteiger partial charge in [-0.2, -0.15) is 0 Å². The summed E-state index contributed by atoms with van der Waals surface area (Å²) in [6, 6.07) is 3.64. The van der Waals surface area contributed by atoms with Crippen molar-refractivity contribution in [1.82, 2.24) is 4.90 Å². The van der Waals surface area contributed by atoms with Crippen LogP contribution in [0.5, 0.6) is 17.2 Å². The van der Waals surface area contributed by atoms with Crippen molar-refractivity contribution < 1.29 is 28.9 Å². The highest BCUT2D eigenvalue weighted by Crippen LogP contribution is 2.41. The molecule has 1 aliphatic heterocycles. The van der Waals surface area contributed by atoms with E-state index in [0.717, 1.165) is 5.56 Å². The molecule has 7 heteroatoms. The van der Waals surface area contributed by atoms with Gasteiger partial charge in [0.25, 0.3) is 0 Å². The standard InChI is InChI=1S/C20H29NO6/c1-13(2)20(19(23)24)10-11-21(12-20)16(22)9-7-14-6-8-15(25-3)18(27-5)17(14)26-4/h6,8,13H,7,9-12H2,1-5H3,(H,23,24). The normalized spacial score (nSPS) is 19.3. The number of carboxylic acid groups (broad SMARTS) is 1. The summed E-state index contributed by atoms with van der Waals surface area (Å²) in [5, 5.41) is 9.64. The minimum atomic E-state index is -0.851. The summed E-state index contributed by atoms with van der Waals surface area (Å²) in [4.78, 5) is 26.1. The SMILES string of the molecule is COc1ccc(CCC(=O)N2CCC(C(=O)O)(C(C)C)C2)c(OC)c1OC. The quantitative estimate of drug-likeness (QED) is 0.747. The lowest BCUT2D eigenvalue weighted by molar-refractivity contribution is -0.151. The average molecular weight is 379 g/mol. The van der Waals surface area contributed by atoms with Gasteiger partial charge in [-0.1, -0.05) is 19.9 Å². The topological polar surface area (TPSA) is 85.3 Å². The number of amides is 1. The molecule has 0 aliphatic carbocycles. The van der Waals surface area contributed by atoms with Crippen LogP contribution < -0.4 is 14.2 Å². The fourth-order valence-electron chi connectivity index (χ4n) is 3.70. The molecule has 1 aliphatic rings. The van der Waals surface area contributed by atoms with E-state index < -0.39 is 11.4 Å². The van der Waals surface area contributed by atoms with Crippen molar-refractivity contribution in [2.24, 2.45) is 11.3 Å². The summed E-state index contributed by atoms with van der Waals surface area (Å²) in [6.45, 7) is 4.54. The van der Waals surface area contributed by atoms with E-state index in [1.54, 1.807) is 25.2 Å². The molecule has 1 unspecified atom stereocenters. The number of nitrogens with zero attached hydrogens (tertiary/aromatic N) is 1. The molecule has 1 aromatic rings. The molecule has 2 rings (SSSR count). The van der Waals surface area contributed by atoms with Gasteiger partial charge in [-0.25, -0.2) is 0 Å². The number of aryl methyl sites for hydroxylation is 1. The number of hydrogen-bond donors (Lipinski definition) is 1. The van der Waals surface area contributed by atoms with Crippen molar-refractivity contribution in [3.8, 4) is 17.2 Å². The third kappa shape index (κ3) is 3.96. The van der Waals surface area contributed by atoms with Gasteiger partial charge in [0.15, 0.2) is 11.5 Å². The Balaban J connectivity index is 2.10. The van der Waals surface area contributed by atoms with Crippen molar-refractivity contribution in [3.63, 3.8) is 0 Å². The molecule has 1 amide bonds. The minimum Gasteiger partial charge on any atom is -0.493 e. The molecule has 0 spiro atoms. The molecule has 1 heterocycles. The molecule has 0 bridgehead atoms. The maximum atomic E-state index is 12.7. The molecule has 0 radical (unpaired) electrons. The van der Waals surface area contributed by atoms with Gasteiger partial charge >= 0.3 is 5.97 Å². The number of carboxylic acids is 1. The van der Waals surface area contributed by atoms with Crippen molar-refractivity contribution in [3.05, 3.63) is 17.7 Å². The second-order valence-corrected chi connectivity index (χ2v) is 7.17. The molecular weight excluding hydrogens is 350 g/mol. The van der Waals surface area contributed by atoms with Gasteiger partial charge < -0.3 is 24.2 Å². The molecule has 1 saturated heterocycles. The third-order valence-corrected chi connectivity index (χ3v) is 5.58. The van der Waals surface area contributed by atoms with E-state index in [0.29, 0.717) is 36.6 Å². The lowest BCUT2D eigenvalue weighted by Crippen LogP contribution is -2.40. The zero-order chi connectivity index (χ0) is 20.2. The second kappa shape index (κ2) is 8.50. The van der Waals surface area contributed by atoms with Crippen LogP contribution in [0.3, 0.4) is 0 Å². The van der Waals surface area contributed by atoms with Crippen molar-refractivity contribution >= 4 is 11.9 Å². The zero-order valence-electron chi connectivity index (χ0n) is 16.7. The van der Waals surface area contributed by atoms with Crippen LogP contribution in [-0.4, -0.2) is 56.3 Å². The van der Waals surface area contributed by atoms with Gasteiger partial charge in [-0.3, -0.25) is 9.59 Å². The van der Waals surface area contributed by atoms with Crippen LogP contribution in [0.4, 0.5) is 0 Å². The molecule has 7 nitrogen and oxygen atoms in total. The fraction of sp³-hybridized carbons (Fsp3) is 0.600. The van der Waals surface area contributed by atoms with E-state index in [4.69, 9.17) is 14.2 Å². The first-order valence-electron chi connectivity index (χ1n) is 9.09. The smallest absolute Gasteiger partial charge is 0.311 e. The van der Waals surface area contributed by atoms with E-state index in [9.17, 15) is 14.7 Å². The van der Waals surface area contributed by atoms with Gasteiger partial charge in [0.1, 0.15) is 0 Å². The first-order chi connectivity index (χ1) is 12.8. The summed E-state index contributed by atoms with van der Waals surface area (Å²) in [6.07, 6.45) is 1.24. The molecule has 1 atom stereocenters. The largest absolute Gasteiger partial charge is 0.493 e. The van der Waals surface area contributed by atoms with Crippen LogP contribution in [0.25, 0.3) is 0 Å². The Kier molecular flexibility index (Phi) is 6.57. The second-order valence-electron chi connectivity index (χ2n) is 7.17. The van der Waals surface area contributed by atoms with E-state index in [1.165, 1.54) is 7.11 Å². The Hall–Kier alpha value is -2.44. The maximum Gasteiger partial charge on any atom is 0.311 e. The molecule has 0 saturated carbocycles. The predicted molar refractivity (Wildman–Crippen MR) is 101 cm³/mol. The third-order valence-electron chi connectivity index (χ3n) is 5.58. The molecule has 1 N–H and O–H groups in total. The summed E-state index contributed by atoms with van der Waals surface area (Å²) in [7, 11) is 4.64. The Morgan fingerprint density at radius 2 is 1.81 bits per heavy atom. The van der Waals surface area contributed by atoms with Crippen LogP contribution >= 0.6 is 0 Å². The first kappa shape index (κ1) is 20.9. The van der Waals surface area contributed by atoms with Crippen molar-refractivity contribution in [2.45, 2.75) is 33.1 Å². The van der Waals surface area contributed by atoms with Crippen LogP contribution in [0.2, 0.25) is 0 Å². The summed E-state index contributed by atoms with van der Waals surface area (Å²) in [5.41, 5.74) is -0.00694. The number of aliphatic carboxylic acids is 1. The maximum absolute atomic E-state index is 12.7. The molecule has 150 valence electrons. The highest BCUT2D eigenvalue weighted by molar-refractivity contribution is 5.81. The Labute approximate surface area is 160 Å². The zero-order valence-corrected chi connectivity index (χ0v) is 16.7. The predicted octanol–water partition coefficient (Wildman–Crippen LogP) is 2.60. The van der Waals surface area contributed by atoms with Crippen LogP contribution in [0.15, 0.2) is 12.1 Å². The van der Waals surface area contributed by atoms with Crippen LogP contribution in [0.1, 0.15) is 32.3 Å². The number of methoxy groups -OCH3 is 3. The number of ether oxygens (including phenoxy) is 3. The highest BCUT2D eigenvalue weighted by atomic mass is 16.5. The summed E-state index contributed by atoms with van der Waals surface area (Å²) in [5.74, 6) is 0.708. The monoisotopic (exact) mass is 379 g/mol. The molecule has 0 aromatic heterocycles. The summed E-state index contributed by atoms with van der Waals surface area (Å²) >= 11 is 0. The molecule has 27 heavy (non-hydrogen) atoms. The van der Waals surface area contributed by atoms with Gasteiger partial charge in [-0.05, 0) is 30.4 Å². The molecular formula is C20H29NO6. The first-order valence-corrected chi connectivity index (χ1v) is 9.09. The highest BCUT2D eigenvalue weighted by Gasteiger charge is 2.48. The minimum absolute atomic E-state index is 0.0289. The number of benzene rings is 1. The number of hydrogen-bond acceptors (Lipinski definition) is 5. The average Bonchev–Trinajstić information content (AvgIpc) is 3.12. The Morgan fingerprint density at radius 3 is 2.30 bits per heavy atom. The number of likely N-dealkylation sites (tertiary alicyclic amines) is 1. The number of carbonyl (C=O) groups is 2. The van der Waals surface area contributed by atoms with Crippen LogP contribution in [-0.2, 0) is 16.0 Å². The lowest BCUT2D eigenvalue weighted by atomic mass is 9.76. The van der Waals surface area contributed by atoms with E-state index in [1.807, 2.05) is 19.9 Å². The fourth-order valence-corrected chi connectivity index (χ4v) is 3.70.